The van der Waals surface area contributed by atoms with Gasteiger partial charge >= 0.3 is 0 Å². The molecule has 1 fully saturated rings. The van der Waals surface area contributed by atoms with Crippen LogP contribution in [-0.4, -0.2) is 40.8 Å². The van der Waals surface area contributed by atoms with Crippen LogP contribution in [0.15, 0.2) is 54.7 Å². The number of aromatic nitrogens is 2. The summed E-state index contributed by atoms with van der Waals surface area (Å²) in [6.07, 6.45) is 3.71. The summed E-state index contributed by atoms with van der Waals surface area (Å²) in [5.41, 5.74) is 3.34. The molecule has 6 heteroatoms. The van der Waals surface area contributed by atoms with Gasteiger partial charge in [-0.3, -0.25) is 4.79 Å². The van der Waals surface area contributed by atoms with E-state index in [1.54, 1.807) is 20.4 Å². The van der Waals surface area contributed by atoms with E-state index in [4.69, 9.17) is 9.47 Å². The van der Waals surface area contributed by atoms with Crippen molar-refractivity contribution in [3.63, 3.8) is 0 Å². The molecule has 3 aromatic rings. The van der Waals surface area contributed by atoms with Gasteiger partial charge in [-0.25, -0.2) is 4.68 Å². The first-order chi connectivity index (χ1) is 14.1. The Morgan fingerprint density at radius 2 is 1.90 bits per heavy atom. The van der Waals surface area contributed by atoms with Crippen LogP contribution < -0.4 is 9.47 Å². The molecule has 1 aromatic heterocycles. The first kappa shape index (κ1) is 19.1. The predicted molar refractivity (Wildman–Crippen MR) is 111 cm³/mol. The number of nitrogens with zero attached hydrogens (tertiary/aromatic N) is 3. The maximum atomic E-state index is 13.5. The molecule has 1 heterocycles. The van der Waals surface area contributed by atoms with Crippen molar-refractivity contribution < 1.29 is 14.3 Å². The number of ether oxygens (including phenoxy) is 2. The molecule has 2 aromatic carbocycles. The molecule has 0 radical (unpaired) electrons. The molecule has 0 spiro atoms. The fraction of sp³-hybridized carbons (Fsp3) is 0.304. The summed E-state index contributed by atoms with van der Waals surface area (Å²) in [6, 6.07) is 15.8. The number of carbonyl (C=O) groups excluding carboxylic acids is 1. The monoisotopic (exact) mass is 391 g/mol. The molecule has 1 aliphatic rings. The van der Waals surface area contributed by atoms with Crippen molar-refractivity contribution >= 4 is 5.91 Å². The number of hydrogen-bond acceptors (Lipinski definition) is 4. The highest BCUT2D eigenvalue weighted by Gasteiger charge is 2.35. The Kier molecular flexibility index (Phi) is 5.25. The predicted octanol–water partition coefficient (Wildman–Crippen LogP) is 4.00. The van der Waals surface area contributed by atoms with E-state index in [1.165, 1.54) is 0 Å². The molecular weight excluding hydrogens is 366 g/mol. The Morgan fingerprint density at radius 1 is 1.14 bits per heavy atom. The van der Waals surface area contributed by atoms with Crippen LogP contribution in [0.5, 0.6) is 11.5 Å². The Hall–Kier alpha value is -3.28. The number of rotatable bonds is 7. The van der Waals surface area contributed by atoms with Gasteiger partial charge < -0.3 is 14.4 Å². The van der Waals surface area contributed by atoms with Crippen molar-refractivity contribution in [1.82, 2.24) is 14.7 Å². The number of methoxy groups -OCH3 is 2. The molecule has 0 unspecified atom stereocenters. The van der Waals surface area contributed by atoms with E-state index in [9.17, 15) is 4.79 Å². The zero-order valence-corrected chi connectivity index (χ0v) is 17.0. The van der Waals surface area contributed by atoms with E-state index in [0.29, 0.717) is 12.1 Å². The Balaban J connectivity index is 1.64. The number of para-hydroxylation sites is 1. The molecule has 1 amide bonds. The van der Waals surface area contributed by atoms with Crippen LogP contribution in [0.2, 0.25) is 0 Å². The molecule has 0 saturated heterocycles. The third-order valence-corrected chi connectivity index (χ3v) is 5.32. The smallest absolute Gasteiger partial charge is 0.257 e. The molecule has 0 bridgehead atoms. The molecule has 4 rings (SSSR count). The lowest BCUT2D eigenvalue weighted by Crippen LogP contribution is -2.33. The lowest BCUT2D eigenvalue weighted by molar-refractivity contribution is 0.0728. The SMILES string of the molecule is COc1ccc(OC)c(CN(C(=O)c2cnn(-c3ccccc3)c2C)C2CC2)c1. The van der Waals surface area contributed by atoms with Gasteiger partial charge in [-0.2, -0.15) is 5.10 Å². The maximum absolute atomic E-state index is 13.5. The second kappa shape index (κ2) is 7.99. The highest BCUT2D eigenvalue weighted by atomic mass is 16.5. The summed E-state index contributed by atoms with van der Waals surface area (Å²) in [5.74, 6) is 1.50. The van der Waals surface area contributed by atoms with E-state index in [1.807, 2.05) is 65.0 Å². The molecule has 1 saturated carbocycles. The van der Waals surface area contributed by atoms with Crippen LogP contribution in [0.25, 0.3) is 5.69 Å². The molecule has 1 aliphatic carbocycles. The third kappa shape index (κ3) is 3.83. The van der Waals surface area contributed by atoms with Gasteiger partial charge in [0.15, 0.2) is 0 Å². The maximum Gasteiger partial charge on any atom is 0.257 e. The summed E-state index contributed by atoms with van der Waals surface area (Å²) < 4.78 is 12.7. The van der Waals surface area contributed by atoms with E-state index in [0.717, 1.165) is 41.3 Å². The van der Waals surface area contributed by atoms with Crippen molar-refractivity contribution in [2.24, 2.45) is 0 Å². The summed E-state index contributed by atoms with van der Waals surface area (Å²) in [4.78, 5) is 15.4. The van der Waals surface area contributed by atoms with E-state index in [2.05, 4.69) is 5.10 Å². The van der Waals surface area contributed by atoms with Crippen LogP contribution >= 0.6 is 0 Å². The first-order valence-corrected chi connectivity index (χ1v) is 9.74. The number of amides is 1. The third-order valence-electron chi connectivity index (χ3n) is 5.32. The lowest BCUT2D eigenvalue weighted by Gasteiger charge is -2.24. The van der Waals surface area contributed by atoms with Gasteiger partial charge in [0.25, 0.3) is 5.91 Å². The van der Waals surface area contributed by atoms with Crippen molar-refractivity contribution in [2.45, 2.75) is 32.4 Å². The lowest BCUT2D eigenvalue weighted by atomic mass is 10.1. The average Bonchev–Trinajstić information content (AvgIpc) is 3.53. The molecule has 150 valence electrons. The summed E-state index contributed by atoms with van der Waals surface area (Å²) >= 11 is 0. The minimum atomic E-state index is -0.00273. The van der Waals surface area contributed by atoms with Crippen LogP contribution in [0.4, 0.5) is 0 Å². The fourth-order valence-corrected chi connectivity index (χ4v) is 3.55. The van der Waals surface area contributed by atoms with Crippen LogP contribution in [0.3, 0.4) is 0 Å². The number of hydrogen-bond donors (Lipinski definition) is 0. The summed E-state index contributed by atoms with van der Waals surface area (Å²) in [7, 11) is 3.28. The number of benzene rings is 2. The first-order valence-electron chi connectivity index (χ1n) is 9.74. The highest BCUT2D eigenvalue weighted by molar-refractivity contribution is 5.95. The number of carbonyl (C=O) groups is 1. The molecular formula is C23H25N3O3. The van der Waals surface area contributed by atoms with Crippen molar-refractivity contribution in [1.29, 1.82) is 0 Å². The Bertz CT molecular complexity index is 1010. The van der Waals surface area contributed by atoms with Gasteiger partial charge in [0, 0.05) is 11.6 Å². The van der Waals surface area contributed by atoms with Crippen molar-refractivity contribution in [3.05, 3.63) is 71.5 Å². The minimum absolute atomic E-state index is 0.00273. The zero-order valence-electron chi connectivity index (χ0n) is 17.0. The average molecular weight is 391 g/mol. The Morgan fingerprint density at radius 3 is 2.55 bits per heavy atom. The van der Waals surface area contributed by atoms with Crippen molar-refractivity contribution in [3.8, 4) is 17.2 Å². The quantitative estimate of drug-likeness (QED) is 0.611. The van der Waals surface area contributed by atoms with E-state index < -0.39 is 0 Å². The molecule has 6 nitrogen and oxygen atoms in total. The van der Waals surface area contributed by atoms with Crippen LogP contribution in [0.1, 0.15) is 34.5 Å². The summed E-state index contributed by atoms with van der Waals surface area (Å²) in [5, 5.41) is 4.46. The van der Waals surface area contributed by atoms with Gasteiger partial charge in [0.2, 0.25) is 0 Å². The van der Waals surface area contributed by atoms with E-state index in [-0.39, 0.29) is 11.9 Å². The highest BCUT2D eigenvalue weighted by Crippen LogP contribution is 2.33. The van der Waals surface area contributed by atoms with Gasteiger partial charge in [0.1, 0.15) is 11.5 Å². The van der Waals surface area contributed by atoms with Gasteiger partial charge in [-0.15, -0.1) is 0 Å². The zero-order chi connectivity index (χ0) is 20.4. The fourth-order valence-electron chi connectivity index (χ4n) is 3.55. The minimum Gasteiger partial charge on any atom is -0.497 e. The molecule has 29 heavy (non-hydrogen) atoms. The standard InChI is InChI=1S/C23H25N3O3/c1-16-21(14-24-26(16)19-7-5-4-6-8-19)23(27)25(18-9-10-18)15-17-13-20(28-2)11-12-22(17)29-3/h4-8,11-14,18H,9-10,15H2,1-3H3. The van der Waals surface area contributed by atoms with Crippen molar-refractivity contribution in [2.75, 3.05) is 14.2 Å². The van der Waals surface area contributed by atoms with Crippen LogP contribution in [0, 0.1) is 6.92 Å². The summed E-state index contributed by atoms with van der Waals surface area (Å²) in [6.45, 7) is 2.41. The topological polar surface area (TPSA) is 56.6 Å². The van der Waals surface area contributed by atoms with E-state index >= 15 is 0 Å². The van der Waals surface area contributed by atoms with Gasteiger partial charge in [-0.05, 0) is 50.1 Å². The van der Waals surface area contributed by atoms with Gasteiger partial charge in [-0.1, -0.05) is 18.2 Å². The van der Waals surface area contributed by atoms with Gasteiger partial charge in [0.05, 0.1) is 43.9 Å². The molecule has 0 N–H and O–H groups in total. The largest absolute Gasteiger partial charge is 0.497 e. The van der Waals surface area contributed by atoms with Crippen LogP contribution in [-0.2, 0) is 6.54 Å². The molecule has 0 atom stereocenters. The normalized spacial score (nSPS) is 13.2. The second-order valence-corrected chi connectivity index (χ2v) is 7.23. The molecule has 0 aliphatic heterocycles. The Labute approximate surface area is 170 Å². The second-order valence-electron chi connectivity index (χ2n) is 7.23.